The molecule has 4 amide bonds. The maximum absolute atomic E-state index is 13.6. The molecular weight excluding hydrogens is 748 g/mol. The van der Waals surface area contributed by atoms with Crippen molar-refractivity contribution in [1.29, 1.82) is 0 Å². The third-order valence-corrected chi connectivity index (χ3v) is 8.87. The lowest BCUT2D eigenvalue weighted by Gasteiger charge is -2.32. The predicted molar refractivity (Wildman–Crippen MR) is 199 cm³/mol. The summed E-state index contributed by atoms with van der Waals surface area (Å²) in [5.41, 5.74) is 0.472. The van der Waals surface area contributed by atoms with Crippen molar-refractivity contribution in [3.63, 3.8) is 0 Å². The van der Waals surface area contributed by atoms with Crippen LogP contribution in [0.1, 0.15) is 90.6 Å². The maximum atomic E-state index is 13.6. The molecule has 57 heavy (non-hydrogen) atoms. The number of carboxylic acids is 2. The van der Waals surface area contributed by atoms with Crippen molar-refractivity contribution in [1.82, 2.24) is 21.0 Å². The van der Waals surface area contributed by atoms with Gasteiger partial charge in [0.25, 0.3) is 11.8 Å². The SMILES string of the molecule is CCCCC[C@@H](C(=O)NCNC(=O)c1ccc(-c2ccc(C(=O)N[C@@H](CC(=O)O)C(=O)O)c(OCC)c2)o1)[C@@H](CC)N(C=O)OC(=O)c1ccc2c(c1)OCCO2. The topological polar surface area (TPSA) is 249 Å². The molecule has 2 heterocycles. The van der Waals surface area contributed by atoms with Crippen molar-refractivity contribution >= 4 is 42.0 Å². The van der Waals surface area contributed by atoms with E-state index < -0.39 is 60.1 Å². The zero-order valence-corrected chi connectivity index (χ0v) is 31.7. The molecule has 18 heteroatoms. The fraction of sp³-hybridized carbons (Fsp3) is 0.410. The largest absolute Gasteiger partial charge is 0.493 e. The minimum Gasteiger partial charge on any atom is -0.493 e. The zero-order chi connectivity index (χ0) is 41.5. The lowest BCUT2D eigenvalue weighted by Crippen LogP contribution is -2.49. The Morgan fingerprint density at radius 3 is 2.32 bits per heavy atom. The summed E-state index contributed by atoms with van der Waals surface area (Å²) in [5, 5.41) is 26.6. The molecule has 0 saturated carbocycles. The Morgan fingerprint density at radius 1 is 0.895 bits per heavy atom. The zero-order valence-electron chi connectivity index (χ0n) is 31.7. The number of ether oxygens (including phenoxy) is 3. The first-order valence-electron chi connectivity index (χ1n) is 18.4. The van der Waals surface area contributed by atoms with Crippen LogP contribution in [0.2, 0.25) is 0 Å². The first kappa shape index (κ1) is 43.1. The summed E-state index contributed by atoms with van der Waals surface area (Å²) in [6, 6.07) is 9.18. The molecule has 0 spiro atoms. The van der Waals surface area contributed by atoms with E-state index in [1.54, 1.807) is 19.9 Å². The summed E-state index contributed by atoms with van der Waals surface area (Å²) in [6.45, 7) is 5.95. The molecule has 0 fully saturated rings. The molecule has 0 bridgehead atoms. The number of hydroxylamine groups is 2. The molecule has 5 N–H and O–H groups in total. The Bertz CT molecular complexity index is 1930. The number of carboxylic acid groups (broad SMARTS) is 2. The van der Waals surface area contributed by atoms with E-state index in [1.807, 2.05) is 6.92 Å². The average molecular weight is 795 g/mol. The summed E-state index contributed by atoms with van der Waals surface area (Å²) in [7, 11) is 0. The molecule has 18 nitrogen and oxygen atoms in total. The van der Waals surface area contributed by atoms with E-state index >= 15 is 0 Å². The van der Waals surface area contributed by atoms with Crippen molar-refractivity contribution in [2.24, 2.45) is 5.92 Å². The number of carbonyl (C=O) groups excluding carboxylic acids is 5. The summed E-state index contributed by atoms with van der Waals surface area (Å²) in [5.74, 6) is -5.56. The fourth-order valence-corrected chi connectivity index (χ4v) is 6.03. The first-order chi connectivity index (χ1) is 27.4. The van der Waals surface area contributed by atoms with Gasteiger partial charge in [-0.1, -0.05) is 39.2 Å². The Labute approximate surface area is 327 Å². The Balaban J connectivity index is 1.40. The molecule has 2 aromatic carbocycles. The number of rotatable bonds is 22. The standard InChI is InChI=1S/C39H46N4O14/c1-4-7-8-9-25(28(5-2)43(22-44)57-39(52)24-11-13-30-33(19-24)55-17-16-54-30)35(47)40-21-41-37(49)31-15-14-29(56-31)23-10-12-26(32(18-23)53-6-3)36(48)42-27(38(50)51)20-34(45)46/h10-15,18-19,22,25,27-28H,4-9,16-17,20-21H2,1-3H3,(H,40,47)(H,41,49)(H,42,48)(H,45,46)(H,50,51)/t25-,27+,28-/m1/s1. The molecule has 0 aliphatic carbocycles. The van der Waals surface area contributed by atoms with Gasteiger partial charge in [0.1, 0.15) is 30.8 Å². The van der Waals surface area contributed by atoms with Crippen LogP contribution in [0.4, 0.5) is 0 Å². The number of hydrogen-bond acceptors (Lipinski definition) is 12. The quantitative estimate of drug-likeness (QED) is 0.0420. The van der Waals surface area contributed by atoms with E-state index in [2.05, 4.69) is 16.0 Å². The summed E-state index contributed by atoms with van der Waals surface area (Å²) >= 11 is 0. The summed E-state index contributed by atoms with van der Waals surface area (Å²) in [6.07, 6.45) is 2.50. The third kappa shape index (κ3) is 11.7. The lowest BCUT2D eigenvalue weighted by atomic mass is 9.90. The minimum atomic E-state index is -1.67. The molecular formula is C39H46N4O14. The number of aliphatic carboxylic acids is 2. The van der Waals surface area contributed by atoms with Crippen LogP contribution in [0.15, 0.2) is 52.9 Å². The number of carbonyl (C=O) groups is 7. The van der Waals surface area contributed by atoms with E-state index in [9.17, 15) is 38.7 Å². The van der Waals surface area contributed by atoms with Gasteiger partial charge in [0.15, 0.2) is 17.3 Å². The molecule has 0 saturated heterocycles. The molecule has 1 aliphatic rings. The van der Waals surface area contributed by atoms with Crippen molar-refractivity contribution in [2.45, 2.75) is 71.4 Å². The van der Waals surface area contributed by atoms with Gasteiger partial charge in [0.05, 0.1) is 42.8 Å². The predicted octanol–water partition coefficient (Wildman–Crippen LogP) is 3.78. The molecule has 0 radical (unpaired) electrons. The number of amides is 4. The van der Waals surface area contributed by atoms with Gasteiger partial charge < -0.3 is 49.6 Å². The highest BCUT2D eigenvalue weighted by Gasteiger charge is 2.34. The van der Waals surface area contributed by atoms with Gasteiger partial charge in [-0.05, 0) is 62.2 Å². The summed E-state index contributed by atoms with van der Waals surface area (Å²) in [4.78, 5) is 92.8. The molecule has 306 valence electrons. The second kappa shape index (κ2) is 20.9. The Kier molecular flexibility index (Phi) is 15.8. The van der Waals surface area contributed by atoms with Gasteiger partial charge in [-0.15, -0.1) is 0 Å². The van der Waals surface area contributed by atoms with Crippen LogP contribution >= 0.6 is 0 Å². The number of nitrogens with one attached hydrogen (secondary N) is 3. The molecule has 3 atom stereocenters. The number of hydrogen-bond donors (Lipinski definition) is 5. The van der Waals surface area contributed by atoms with Gasteiger partial charge in [0, 0.05) is 5.56 Å². The van der Waals surface area contributed by atoms with Crippen LogP contribution < -0.4 is 30.2 Å². The Hall–Kier alpha value is -6.59. The van der Waals surface area contributed by atoms with Crippen molar-refractivity contribution in [2.75, 3.05) is 26.5 Å². The first-order valence-corrected chi connectivity index (χ1v) is 18.4. The second-order valence-corrected chi connectivity index (χ2v) is 12.8. The van der Waals surface area contributed by atoms with Gasteiger partial charge >= 0.3 is 17.9 Å². The van der Waals surface area contributed by atoms with E-state index in [4.69, 9.17) is 28.6 Å². The van der Waals surface area contributed by atoms with Gasteiger partial charge in [-0.2, -0.15) is 5.06 Å². The summed E-state index contributed by atoms with van der Waals surface area (Å²) < 4.78 is 22.4. The van der Waals surface area contributed by atoms with Crippen LogP contribution in [0.5, 0.6) is 17.2 Å². The fourth-order valence-electron chi connectivity index (χ4n) is 6.03. The highest BCUT2D eigenvalue weighted by atomic mass is 16.7. The average Bonchev–Trinajstić information content (AvgIpc) is 3.70. The highest BCUT2D eigenvalue weighted by molar-refractivity contribution is 6.00. The number of unbranched alkanes of at least 4 members (excludes halogenated alkanes) is 2. The second-order valence-electron chi connectivity index (χ2n) is 12.8. The van der Waals surface area contributed by atoms with Gasteiger partial charge in [0.2, 0.25) is 12.3 Å². The number of benzene rings is 2. The lowest BCUT2D eigenvalue weighted by molar-refractivity contribution is -0.171. The highest BCUT2D eigenvalue weighted by Crippen LogP contribution is 2.32. The van der Waals surface area contributed by atoms with Crippen molar-refractivity contribution in [3.05, 3.63) is 65.4 Å². The van der Waals surface area contributed by atoms with Crippen LogP contribution in [0.25, 0.3) is 11.3 Å². The molecule has 4 rings (SSSR count). The van der Waals surface area contributed by atoms with Crippen LogP contribution in [-0.4, -0.2) is 95.9 Å². The van der Waals surface area contributed by atoms with E-state index in [1.165, 1.54) is 42.5 Å². The normalized spacial score (nSPS) is 13.2. The number of furan rings is 1. The van der Waals surface area contributed by atoms with Crippen LogP contribution in [-0.2, 0) is 24.0 Å². The monoisotopic (exact) mass is 794 g/mol. The molecule has 1 aromatic heterocycles. The molecule has 3 aromatic rings. The molecule has 1 aliphatic heterocycles. The van der Waals surface area contributed by atoms with E-state index in [0.29, 0.717) is 49.5 Å². The van der Waals surface area contributed by atoms with Crippen LogP contribution in [0.3, 0.4) is 0 Å². The van der Waals surface area contributed by atoms with Crippen molar-refractivity contribution < 1.29 is 67.2 Å². The van der Waals surface area contributed by atoms with Gasteiger partial charge in [-0.3, -0.25) is 24.0 Å². The molecule has 0 unspecified atom stereocenters. The van der Waals surface area contributed by atoms with E-state index in [0.717, 1.165) is 17.9 Å². The van der Waals surface area contributed by atoms with E-state index in [-0.39, 0.29) is 48.1 Å². The number of nitrogens with zero attached hydrogens (tertiary/aromatic N) is 1. The minimum absolute atomic E-state index is 0.0507. The van der Waals surface area contributed by atoms with Gasteiger partial charge in [-0.25, -0.2) is 9.59 Å². The van der Waals surface area contributed by atoms with Crippen LogP contribution in [0, 0.1) is 5.92 Å². The Morgan fingerprint density at radius 2 is 1.65 bits per heavy atom. The number of fused-ring (bicyclic) bond motifs is 1. The maximum Gasteiger partial charge on any atom is 0.363 e. The smallest absolute Gasteiger partial charge is 0.363 e. The van der Waals surface area contributed by atoms with Crippen molar-refractivity contribution in [3.8, 4) is 28.6 Å². The third-order valence-electron chi connectivity index (χ3n) is 8.87.